The number of rotatable bonds is 2. The Morgan fingerprint density at radius 3 is 3.00 bits per heavy atom. The molecule has 0 spiro atoms. The van der Waals surface area contributed by atoms with Crippen LogP contribution in [0.4, 0.5) is 4.79 Å². The first kappa shape index (κ1) is 17.0. The molecule has 1 saturated heterocycles. The van der Waals surface area contributed by atoms with Crippen molar-refractivity contribution in [1.29, 1.82) is 0 Å². The van der Waals surface area contributed by atoms with Crippen molar-refractivity contribution in [3.8, 4) is 0 Å². The number of thiophene rings is 1. The van der Waals surface area contributed by atoms with E-state index in [0.717, 1.165) is 31.6 Å². The quantitative estimate of drug-likeness (QED) is 0.866. The van der Waals surface area contributed by atoms with Crippen LogP contribution >= 0.6 is 11.3 Å². The number of nitrogens with zero attached hydrogens (tertiary/aromatic N) is 2. The summed E-state index contributed by atoms with van der Waals surface area (Å²) in [6.07, 6.45) is 5.98. The molecule has 0 saturated carbocycles. The summed E-state index contributed by atoms with van der Waals surface area (Å²) in [5, 5.41) is 5.38. The van der Waals surface area contributed by atoms with Crippen LogP contribution in [-0.4, -0.2) is 28.6 Å². The molecule has 0 unspecified atom stereocenters. The van der Waals surface area contributed by atoms with Crippen LogP contribution in [0.1, 0.15) is 46.9 Å². The van der Waals surface area contributed by atoms with Crippen molar-refractivity contribution >= 4 is 17.4 Å². The highest BCUT2D eigenvalue weighted by atomic mass is 32.1. The van der Waals surface area contributed by atoms with Gasteiger partial charge in [0.1, 0.15) is 0 Å². The van der Waals surface area contributed by atoms with E-state index in [-0.39, 0.29) is 17.5 Å². The Balaban J connectivity index is 1.27. The number of carbonyl (C=O) groups is 1. The molecule has 4 heterocycles. The number of piperidine rings is 1. The van der Waals surface area contributed by atoms with Crippen molar-refractivity contribution in [1.82, 2.24) is 14.8 Å². The zero-order valence-electron chi connectivity index (χ0n) is 15.4. The lowest BCUT2D eigenvalue weighted by Gasteiger charge is -2.42. The Hall–Kier alpha value is -2.08. The fourth-order valence-electron chi connectivity index (χ4n) is 5.05. The van der Waals surface area contributed by atoms with Gasteiger partial charge in [0.15, 0.2) is 0 Å². The summed E-state index contributed by atoms with van der Waals surface area (Å²) in [6, 6.07) is 5.55. The minimum Gasteiger partial charge on any atom is -0.334 e. The van der Waals surface area contributed by atoms with E-state index in [9.17, 15) is 9.59 Å². The van der Waals surface area contributed by atoms with E-state index in [2.05, 4.69) is 10.7 Å². The summed E-state index contributed by atoms with van der Waals surface area (Å²) in [7, 11) is 0. The summed E-state index contributed by atoms with van der Waals surface area (Å²) in [5.41, 5.74) is 3.96. The number of nitrogens with one attached hydrogen (secondary N) is 1. The topological polar surface area (TPSA) is 54.3 Å². The lowest BCUT2D eigenvalue weighted by Crippen LogP contribution is -2.51. The molecule has 2 aromatic rings. The van der Waals surface area contributed by atoms with E-state index in [1.807, 2.05) is 32.9 Å². The van der Waals surface area contributed by atoms with Gasteiger partial charge in [-0.25, -0.2) is 4.79 Å². The highest BCUT2D eigenvalue weighted by Crippen LogP contribution is 2.35. The molecule has 3 aliphatic rings. The molecule has 27 heavy (non-hydrogen) atoms. The van der Waals surface area contributed by atoms with E-state index in [1.54, 1.807) is 6.07 Å². The lowest BCUT2D eigenvalue weighted by molar-refractivity contribution is 0.131. The molecule has 2 atom stereocenters. The lowest BCUT2D eigenvalue weighted by atomic mass is 9.83. The average molecular weight is 384 g/mol. The van der Waals surface area contributed by atoms with Crippen LogP contribution in [0.5, 0.6) is 0 Å². The summed E-state index contributed by atoms with van der Waals surface area (Å²) in [4.78, 5) is 28.4. The van der Waals surface area contributed by atoms with Crippen molar-refractivity contribution in [3.05, 3.63) is 55.6 Å². The Labute approximate surface area is 163 Å². The predicted molar refractivity (Wildman–Crippen MR) is 106 cm³/mol. The van der Waals surface area contributed by atoms with Crippen LogP contribution in [0.3, 0.4) is 0 Å². The van der Waals surface area contributed by atoms with Gasteiger partial charge in [-0.2, -0.15) is 0 Å². The van der Waals surface area contributed by atoms with E-state index in [4.69, 9.17) is 0 Å². The van der Waals surface area contributed by atoms with Gasteiger partial charge in [-0.1, -0.05) is 6.07 Å². The minimum absolute atomic E-state index is 0.0344. The van der Waals surface area contributed by atoms with Gasteiger partial charge in [0, 0.05) is 48.7 Å². The van der Waals surface area contributed by atoms with Crippen molar-refractivity contribution < 1.29 is 4.79 Å². The number of hydrogen-bond donors (Lipinski definition) is 1. The first-order chi connectivity index (χ1) is 13.2. The molecule has 1 N–H and O–H groups in total. The number of carbonyl (C=O) groups excluding carboxylic acids is 1. The van der Waals surface area contributed by atoms with Crippen LogP contribution in [0, 0.1) is 5.92 Å². The fraction of sp³-hybridized carbons (Fsp3) is 0.524. The number of fused-ring (bicyclic) bond motifs is 5. The van der Waals surface area contributed by atoms with Crippen LogP contribution in [0.25, 0.3) is 0 Å². The number of hydrogen-bond acceptors (Lipinski definition) is 3. The first-order valence-corrected chi connectivity index (χ1v) is 10.9. The van der Waals surface area contributed by atoms with Crippen LogP contribution in [0.2, 0.25) is 0 Å². The van der Waals surface area contributed by atoms with Crippen molar-refractivity contribution in [2.75, 3.05) is 13.1 Å². The van der Waals surface area contributed by atoms with Gasteiger partial charge in [0.05, 0.1) is 0 Å². The molecule has 5 rings (SSSR count). The maximum atomic E-state index is 12.8. The minimum atomic E-state index is 0.0344. The summed E-state index contributed by atoms with van der Waals surface area (Å²) >= 11 is 1.85. The van der Waals surface area contributed by atoms with E-state index in [0.29, 0.717) is 19.0 Å². The summed E-state index contributed by atoms with van der Waals surface area (Å²) in [5.74, 6) is 0.641. The molecule has 2 aliphatic heterocycles. The Morgan fingerprint density at radius 2 is 2.07 bits per heavy atom. The maximum absolute atomic E-state index is 12.8. The number of aryl methyl sites for hydroxylation is 1. The Morgan fingerprint density at radius 1 is 1.19 bits per heavy atom. The standard InChI is InChI=1S/C21H25N3O2S/c25-20-7-3-5-18-15-8-14(11-24(18)20)10-23(12-15)21(26)22-9-16-13-27-19-6-2-1-4-17(16)19/h3,5,7,13-15H,1-2,4,6,8-12H2,(H,22,26)/t14-,15+/m0/s1. The van der Waals surface area contributed by atoms with Crippen LogP contribution < -0.4 is 10.9 Å². The summed E-state index contributed by atoms with van der Waals surface area (Å²) < 4.78 is 1.91. The molecule has 5 nitrogen and oxygen atoms in total. The zero-order chi connectivity index (χ0) is 18.4. The van der Waals surface area contributed by atoms with Gasteiger partial charge in [0.2, 0.25) is 0 Å². The highest BCUT2D eigenvalue weighted by molar-refractivity contribution is 7.10. The molecule has 2 amide bonds. The molecule has 2 aromatic heterocycles. The van der Waals surface area contributed by atoms with Crippen LogP contribution in [-0.2, 0) is 25.9 Å². The van der Waals surface area contributed by atoms with Crippen molar-refractivity contribution in [2.45, 2.75) is 51.1 Å². The second kappa shape index (κ2) is 6.82. The largest absolute Gasteiger partial charge is 0.334 e. The number of amides is 2. The Kier molecular flexibility index (Phi) is 4.31. The van der Waals surface area contributed by atoms with E-state index in [1.165, 1.54) is 35.3 Å². The van der Waals surface area contributed by atoms with Gasteiger partial charge in [-0.3, -0.25) is 4.79 Å². The van der Waals surface area contributed by atoms with Gasteiger partial charge < -0.3 is 14.8 Å². The maximum Gasteiger partial charge on any atom is 0.317 e. The number of aromatic nitrogens is 1. The van der Waals surface area contributed by atoms with Crippen molar-refractivity contribution in [2.24, 2.45) is 5.92 Å². The Bertz CT molecular complexity index is 932. The smallest absolute Gasteiger partial charge is 0.317 e. The zero-order valence-corrected chi connectivity index (χ0v) is 16.3. The van der Waals surface area contributed by atoms with Gasteiger partial charge in [0.25, 0.3) is 5.56 Å². The third-order valence-corrected chi connectivity index (χ3v) is 7.48. The summed E-state index contributed by atoms with van der Waals surface area (Å²) in [6.45, 7) is 2.80. The van der Waals surface area contributed by atoms with Gasteiger partial charge >= 0.3 is 6.03 Å². The SMILES string of the molecule is O=C(NCc1csc2c1CCCC2)N1C[C@@H]2C[C@H](C1)c1cccc(=O)n1C2. The number of urea groups is 1. The molecule has 1 aliphatic carbocycles. The monoisotopic (exact) mass is 383 g/mol. The highest BCUT2D eigenvalue weighted by Gasteiger charge is 2.36. The molecule has 0 aromatic carbocycles. The second-order valence-corrected chi connectivity index (χ2v) is 9.10. The van der Waals surface area contributed by atoms with E-state index < -0.39 is 0 Å². The first-order valence-electron chi connectivity index (χ1n) is 9.99. The third-order valence-electron chi connectivity index (χ3n) is 6.35. The second-order valence-electron chi connectivity index (χ2n) is 8.13. The number of pyridine rings is 1. The van der Waals surface area contributed by atoms with Crippen LogP contribution in [0.15, 0.2) is 28.4 Å². The molecule has 2 bridgehead atoms. The van der Waals surface area contributed by atoms with Gasteiger partial charge in [-0.05, 0) is 60.6 Å². The molecule has 0 radical (unpaired) electrons. The molecule has 1 fully saturated rings. The molecule has 142 valence electrons. The fourth-order valence-corrected chi connectivity index (χ4v) is 6.20. The van der Waals surface area contributed by atoms with Crippen molar-refractivity contribution in [3.63, 3.8) is 0 Å². The van der Waals surface area contributed by atoms with E-state index >= 15 is 0 Å². The average Bonchev–Trinajstić information content (AvgIpc) is 3.10. The molecule has 6 heteroatoms. The molecular formula is C21H25N3O2S. The predicted octanol–water partition coefficient (Wildman–Crippen LogP) is 3.12. The van der Waals surface area contributed by atoms with Gasteiger partial charge in [-0.15, -0.1) is 11.3 Å². The third kappa shape index (κ3) is 3.10. The number of likely N-dealkylation sites (tertiary alicyclic amines) is 1. The normalized spacial score (nSPS) is 23.5. The molecular weight excluding hydrogens is 358 g/mol.